The Hall–Kier alpha value is -0.0200. The summed E-state index contributed by atoms with van der Waals surface area (Å²) in [5, 5.41) is 0.760. The molecule has 0 saturated carbocycles. The predicted molar refractivity (Wildman–Crippen MR) is 80.5 cm³/mol. The van der Waals surface area contributed by atoms with Crippen molar-refractivity contribution in [1.82, 2.24) is 0 Å². The Morgan fingerprint density at radius 2 is 2.06 bits per heavy atom. The molecular weight excluding hydrogens is 339 g/mol. The van der Waals surface area contributed by atoms with Gasteiger partial charge in [-0.05, 0) is 47.0 Å². The first-order valence-corrected chi connectivity index (χ1v) is 7.63. The summed E-state index contributed by atoms with van der Waals surface area (Å²) in [5.74, 6) is 0. The molecular formula is C13H11BrCl2S. The van der Waals surface area contributed by atoms with Crippen molar-refractivity contribution < 1.29 is 0 Å². The van der Waals surface area contributed by atoms with Crippen LogP contribution < -0.4 is 0 Å². The Labute approximate surface area is 124 Å². The van der Waals surface area contributed by atoms with Crippen LogP contribution in [0.2, 0.25) is 5.02 Å². The second kappa shape index (κ2) is 5.75. The van der Waals surface area contributed by atoms with E-state index >= 15 is 0 Å². The van der Waals surface area contributed by atoms with Gasteiger partial charge >= 0.3 is 0 Å². The van der Waals surface area contributed by atoms with E-state index in [1.54, 1.807) is 11.3 Å². The van der Waals surface area contributed by atoms with Gasteiger partial charge in [-0.25, -0.2) is 0 Å². The van der Waals surface area contributed by atoms with Crippen molar-refractivity contribution in [2.75, 3.05) is 0 Å². The van der Waals surface area contributed by atoms with Crippen LogP contribution in [0, 0.1) is 6.92 Å². The number of rotatable bonds is 3. The summed E-state index contributed by atoms with van der Waals surface area (Å²) >= 11 is 17.8. The van der Waals surface area contributed by atoms with Crippen LogP contribution in [0.3, 0.4) is 0 Å². The third kappa shape index (κ3) is 3.25. The van der Waals surface area contributed by atoms with Crippen molar-refractivity contribution >= 4 is 50.5 Å². The molecule has 1 atom stereocenters. The molecule has 1 aromatic carbocycles. The van der Waals surface area contributed by atoms with Crippen LogP contribution in [-0.2, 0) is 6.42 Å². The van der Waals surface area contributed by atoms with Gasteiger partial charge < -0.3 is 0 Å². The molecule has 2 aromatic rings. The van der Waals surface area contributed by atoms with Gasteiger partial charge in [0.1, 0.15) is 0 Å². The number of aryl methyl sites for hydroxylation is 1. The van der Waals surface area contributed by atoms with E-state index in [1.807, 2.05) is 24.3 Å². The second-order valence-corrected chi connectivity index (χ2v) is 6.89. The van der Waals surface area contributed by atoms with E-state index in [-0.39, 0.29) is 5.38 Å². The second-order valence-electron chi connectivity index (χ2n) is 3.82. The first-order chi connectivity index (χ1) is 8.08. The molecule has 0 amide bonds. The summed E-state index contributed by atoms with van der Waals surface area (Å²) < 4.78 is 1.13. The van der Waals surface area contributed by atoms with Gasteiger partial charge in [-0.3, -0.25) is 0 Å². The van der Waals surface area contributed by atoms with Gasteiger partial charge in [0.2, 0.25) is 0 Å². The SMILES string of the molecule is Cc1sc(C(Cl)Cc2ccccc2Cl)cc1Br. The van der Waals surface area contributed by atoms with E-state index in [4.69, 9.17) is 23.2 Å². The summed E-state index contributed by atoms with van der Waals surface area (Å²) in [7, 11) is 0. The van der Waals surface area contributed by atoms with Gasteiger partial charge in [-0.2, -0.15) is 0 Å². The molecule has 4 heteroatoms. The van der Waals surface area contributed by atoms with E-state index in [0.717, 1.165) is 21.5 Å². The fourth-order valence-corrected chi connectivity index (χ4v) is 3.71. The van der Waals surface area contributed by atoms with E-state index < -0.39 is 0 Å². The number of halogens is 3. The molecule has 1 heterocycles. The average Bonchev–Trinajstić information content (AvgIpc) is 2.63. The van der Waals surface area contributed by atoms with Crippen LogP contribution in [0.5, 0.6) is 0 Å². The molecule has 0 bridgehead atoms. The van der Waals surface area contributed by atoms with Gasteiger partial charge in [0, 0.05) is 19.2 Å². The first-order valence-electron chi connectivity index (χ1n) is 5.21. The molecule has 0 nitrogen and oxygen atoms in total. The maximum absolute atomic E-state index is 6.43. The number of hydrogen-bond acceptors (Lipinski definition) is 1. The Balaban J connectivity index is 2.17. The highest BCUT2D eigenvalue weighted by Crippen LogP contribution is 2.36. The minimum Gasteiger partial charge on any atom is -0.143 e. The lowest BCUT2D eigenvalue weighted by molar-refractivity contribution is 0.940. The van der Waals surface area contributed by atoms with Gasteiger partial charge in [-0.15, -0.1) is 22.9 Å². The van der Waals surface area contributed by atoms with Gasteiger partial charge in [0.05, 0.1) is 5.38 Å². The minimum absolute atomic E-state index is 0.0232. The lowest BCUT2D eigenvalue weighted by atomic mass is 10.1. The van der Waals surface area contributed by atoms with E-state index in [0.29, 0.717) is 0 Å². The smallest absolute Gasteiger partial charge is 0.0719 e. The van der Waals surface area contributed by atoms with Crippen molar-refractivity contribution in [1.29, 1.82) is 0 Å². The van der Waals surface area contributed by atoms with Gasteiger partial charge in [-0.1, -0.05) is 29.8 Å². The molecule has 0 aliphatic heterocycles. The normalized spacial score (nSPS) is 12.7. The molecule has 0 aliphatic carbocycles. The minimum atomic E-state index is -0.0232. The van der Waals surface area contributed by atoms with Crippen LogP contribution in [0.1, 0.15) is 20.7 Å². The molecule has 1 aromatic heterocycles. The number of hydrogen-bond donors (Lipinski definition) is 0. The Bertz CT molecular complexity index is 502. The summed E-state index contributed by atoms with van der Waals surface area (Å²) in [4.78, 5) is 2.43. The monoisotopic (exact) mass is 348 g/mol. The fourth-order valence-electron chi connectivity index (χ4n) is 1.59. The van der Waals surface area contributed by atoms with Crippen molar-refractivity contribution in [3.8, 4) is 0 Å². The largest absolute Gasteiger partial charge is 0.143 e. The van der Waals surface area contributed by atoms with Crippen LogP contribution in [0.25, 0.3) is 0 Å². The number of alkyl halides is 1. The highest BCUT2D eigenvalue weighted by atomic mass is 79.9. The van der Waals surface area contributed by atoms with E-state index in [2.05, 4.69) is 28.9 Å². The van der Waals surface area contributed by atoms with Crippen molar-refractivity contribution in [2.24, 2.45) is 0 Å². The molecule has 0 aliphatic rings. The Morgan fingerprint density at radius 3 is 2.65 bits per heavy atom. The summed E-state index contributed by atoms with van der Waals surface area (Å²) in [6.45, 7) is 2.08. The standard InChI is InChI=1S/C13H11BrCl2S/c1-8-10(14)7-13(17-8)12(16)6-9-4-2-3-5-11(9)15/h2-5,7,12H,6H2,1H3. The molecule has 1 unspecified atom stereocenters. The molecule has 0 saturated heterocycles. The lowest BCUT2D eigenvalue weighted by Gasteiger charge is -2.08. The summed E-state index contributed by atoms with van der Waals surface area (Å²) in [5.41, 5.74) is 1.09. The number of benzene rings is 1. The zero-order chi connectivity index (χ0) is 12.4. The maximum atomic E-state index is 6.43. The zero-order valence-electron chi connectivity index (χ0n) is 9.21. The average molecular weight is 350 g/mol. The van der Waals surface area contributed by atoms with Crippen LogP contribution in [-0.4, -0.2) is 0 Å². The van der Waals surface area contributed by atoms with Crippen molar-refractivity contribution in [3.05, 3.63) is 55.1 Å². The van der Waals surface area contributed by atoms with E-state index in [9.17, 15) is 0 Å². The molecule has 0 radical (unpaired) electrons. The Morgan fingerprint density at radius 1 is 1.35 bits per heavy atom. The number of thiophene rings is 1. The molecule has 2 rings (SSSR count). The third-order valence-electron chi connectivity index (χ3n) is 2.54. The van der Waals surface area contributed by atoms with Crippen LogP contribution in [0.15, 0.2) is 34.8 Å². The molecule has 0 fully saturated rings. The van der Waals surface area contributed by atoms with Gasteiger partial charge in [0.25, 0.3) is 0 Å². The predicted octanol–water partition coefficient (Wildman–Crippen LogP) is 6.00. The summed E-state index contributed by atoms with van der Waals surface area (Å²) in [6.07, 6.45) is 0.758. The summed E-state index contributed by atoms with van der Waals surface area (Å²) in [6, 6.07) is 9.93. The van der Waals surface area contributed by atoms with Gasteiger partial charge in [0.15, 0.2) is 0 Å². The maximum Gasteiger partial charge on any atom is 0.0719 e. The quantitative estimate of drug-likeness (QED) is 0.596. The molecule has 0 N–H and O–H groups in total. The highest BCUT2D eigenvalue weighted by Gasteiger charge is 2.14. The van der Waals surface area contributed by atoms with Crippen molar-refractivity contribution in [2.45, 2.75) is 18.7 Å². The van der Waals surface area contributed by atoms with Crippen LogP contribution in [0.4, 0.5) is 0 Å². The van der Waals surface area contributed by atoms with E-state index in [1.165, 1.54) is 9.75 Å². The highest BCUT2D eigenvalue weighted by molar-refractivity contribution is 9.10. The fraction of sp³-hybridized carbons (Fsp3) is 0.231. The Kier molecular flexibility index (Phi) is 4.53. The third-order valence-corrected chi connectivity index (χ3v) is 5.68. The van der Waals surface area contributed by atoms with Crippen LogP contribution >= 0.6 is 50.5 Å². The topological polar surface area (TPSA) is 0 Å². The first kappa shape index (κ1) is 13.4. The molecule has 90 valence electrons. The lowest BCUT2D eigenvalue weighted by Crippen LogP contribution is -1.94. The molecule has 17 heavy (non-hydrogen) atoms. The molecule has 0 spiro atoms. The zero-order valence-corrected chi connectivity index (χ0v) is 13.1. The van der Waals surface area contributed by atoms with Crippen molar-refractivity contribution in [3.63, 3.8) is 0 Å².